The SMILES string of the molecule is CN(Cc1cnn(C)c1)C(=O)C1NCC2CCCC21. The highest BCUT2D eigenvalue weighted by molar-refractivity contribution is 5.82. The fraction of sp³-hybridized carbons (Fsp3) is 0.714. The standard InChI is InChI=1S/C14H22N4O/c1-17(8-10-6-16-18(2)9-10)14(19)13-12-5-3-4-11(12)7-15-13/h6,9,11-13,15H,3-5,7-8H2,1-2H3. The van der Waals surface area contributed by atoms with Crippen LogP contribution in [0.25, 0.3) is 0 Å². The average molecular weight is 262 g/mol. The Balaban J connectivity index is 1.63. The number of hydrogen-bond acceptors (Lipinski definition) is 3. The van der Waals surface area contributed by atoms with Gasteiger partial charge in [0.2, 0.25) is 5.91 Å². The third-order valence-electron chi connectivity index (χ3n) is 4.57. The van der Waals surface area contributed by atoms with Crippen LogP contribution in [-0.2, 0) is 18.4 Å². The van der Waals surface area contributed by atoms with E-state index in [4.69, 9.17) is 0 Å². The van der Waals surface area contributed by atoms with E-state index in [1.807, 2.05) is 31.4 Å². The summed E-state index contributed by atoms with van der Waals surface area (Å²) in [5.41, 5.74) is 1.08. The van der Waals surface area contributed by atoms with Crippen LogP contribution >= 0.6 is 0 Å². The summed E-state index contributed by atoms with van der Waals surface area (Å²) in [5.74, 6) is 1.52. The highest BCUT2D eigenvalue weighted by Gasteiger charge is 2.43. The maximum Gasteiger partial charge on any atom is 0.240 e. The molecule has 1 saturated heterocycles. The molecule has 104 valence electrons. The number of likely N-dealkylation sites (N-methyl/N-ethyl adjacent to an activating group) is 1. The number of fused-ring (bicyclic) bond motifs is 1. The Labute approximate surface area is 114 Å². The van der Waals surface area contributed by atoms with Gasteiger partial charge in [0.25, 0.3) is 0 Å². The van der Waals surface area contributed by atoms with E-state index in [0.717, 1.165) is 18.0 Å². The van der Waals surface area contributed by atoms with Crippen LogP contribution in [0.15, 0.2) is 12.4 Å². The van der Waals surface area contributed by atoms with Crippen LogP contribution < -0.4 is 5.32 Å². The Morgan fingerprint density at radius 1 is 1.58 bits per heavy atom. The number of nitrogens with one attached hydrogen (secondary N) is 1. The number of hydrogen-bond donors (Lipinski definition) is 1. The molecule has 1 aliphatic carbocycles. The Bertz CT molecular complexity index is 470. The maximum absolute atomic E-state index is 12.5. The van der Waals surface area contributed by atoms with Gasteiger partial charge in [-0.2, -0.15) is 5.10 Å². The Hall–Kier alpha value is -1.36. The van der Waals surface area contributed by atoms with Crippen molar-refractivity contribution in [3.05, 3.63) is 18.0 Å². The third-order valence-corrected chi connectivity index (χ3v) is 4.57. The molecule has 1 aromatic rings. The lowest BCUT2D eigenvalue weighted by molar-refractivity contribution is -0.133. The molecule has 3 unspecified atom stereocenters. The lowest BCUT2D eigenvalue weighted by atomic mass is 9.93. The first kappa shape index (κ1) is 12.7. The van der Waals surface area contributed by atoms with E-state index in [2.05, 4.69) is 10.4 Å². The summed E-state index contributed by atoms with van der Waals surface area (Å²) in [7, 11) is 3.78. The van der Waals surface area contributed by atoms with Gasteiger partial charge in [0.1, 0.15) is 0 Å². The second kappa shape index (κ2) is 4.96. The summed E-state index contributed by atoms with van der Waals surface area (Å²) in [6, 6.07) is 0.0363. The Morgan fingerprint density at radius 2 is 2.42 bits per heavy atom. The Kier molecular flexibility index (Phi) is 3.31. The van der Waals surface area contributed by atoms with E-state index < -0.39 is 0 Å². The zero-order valence-electron chi connectivity index (χ0n) is 11.7. The molecular weight excluding hydrogens is 240 g/mol. The quantitative estimate of drug-likeness (QED) is 0.875. The van der Waals surface area contributed by atoms with Gasteiger partial charge in [-0.1, -0.05) is 6.42 Å². The zero-order valence-corrected chi connectivity index (χ0v) is 11.7. The smallest absolute Gasteiger partial charge is 0.240 e. The summed E-state index contributed by atoms with van der Waals surface area (Å²) in [5, 5.41) is 7.56. The first-order valence-corrected chi connectivity index (χ1v) is 7.11. The number of nitrogens with zero attached hydrogens (tertiary/aromatic N) is 3. The molecule has 5 heteroatoms. The molecule has 3 atom stereocenters. The van der Waals surface area contributed by atoms with Crippen molar-refractivity contribution in [3.63, 3.8) is 0 Å². The molecule has 0 aromatic carbocycles. The van der Waals surface area contributed by atoms with Gasteiger partial charge in [0, 0.05) is 32.4 Å². The van der Waals surface area contributed by atoms with Crippen molar-refractivity contribution in [2.45, 2.75) is 31.8 Å². The van der Waals surface area contributed by atoms with Gasteiger partial charge in [0.05, 0.1) is 12.2 Å². The van der Waals surface area contributed by atoms with Crippen molar-refractivity contribution >= 4 is 5.91 Å². The molecule has 2 heterocycles. The molecule has 1 aliphatic heterocycles. The summed E-state index contributed by atoms with van der Waals surface area (Å²) in [4.78, 5) is 14.4. The van der Waals surface area contributed by atoms with E-state index in [-0.39, 0.29) is 11.9 Å². The highest BCUT2D eigenvalue weighted by Crippen LogP contribution is 2.38. The number of aryl methyl sites for hydroxylation is 1. The topological polar surface area (TPSA) is 50.2 Å². The molecule has 2 aliphatic rings. The molecule has 2 fully saturated rings. The van der Waals surface area contributed by atoms with Gasteiger partial charge in [-0.15, -0.1) is 0 Å². The van der Waals surface area contributed by atoms with Gasteiger partial charge in [0.15, 0.2) is 0 Å². The first-order valence-electron chi connectivity index (χ1n) is 7.11. The fourth-order valence-electron chi connectivity index (χ4n) is 3.60. The number of carbonyl (C=O) groups excluding carboxylic acids is 1. The predicted molar refractivity (Wildman–Crippen MR) is 72.3 cm³/mol. The van der Waals surface area contributed by atoms with E-state index in [9.17, 15) is 4.79 Å². The van der Waals surface area contributed by atoms with Crippen molar-refractivity contribution in [3.8, 4) is 0 Å². The summed E-state index contributed by atoms with van der Waals surface area (Å²) in [6.07, 6.45) is 7.56. The lowest BCUT2D eigenvalue weighted by Gasteiger charge is -2.24. The van der Waals surface area contributed by atoms with Gasteiger partial charge in [-0.25, -0.2) is 0 Å². The highest BCUT2D eigenvalue weighted by atomic mass is 16.2. The van der Waals surface area contributed by atoms with Gasteiger partial charge < -0.3 is 10.2 Å². The number of aromatic nitrogens is 2. The van der Waals surface area contributed by atoms with Crippen LogP contribution in [0.2, 0.25) is 0 Å². The molecule has 5 nitrogen and oxygen atoms in total. The fourth-order valence-corrected chi connectivity index (χ4v) is 3.60. The van der Waals surface area contributed by atoms with Gasteiger partial charge in [-0.3, -0.25) is 9.48 Å². The first-order chi connectivity index (χ1) is 9.15. The molecular formula is C14H22N4O. The summed E-state index contributed by atoms with van der Waals surface area (Å²) in [6.45, 7) is 1.66. The zero-order chi connectivity index (χ0) is 13.4. The number of rotatable bonds is 3. The van der Waals surface area contributed by atoms with Gasteiger partial charge in [-0.05, 0) is 31.2 Å². The van der Waals surface area contributed by atoms with Crippen LogP contribution in [0.1, 0.15) is 24.8 Å². The molecule has 0 radical (unpaired) electrons. The van der Waals surface area contributed by atoms with E-state index in [1.165, 1.54) is 19.3 Å². The molecule has 1 N–H and O–H groups in total. The van der Waals surface area contributed by atoms with Gasteiger partial charge >= 0.3 is 0 Å². The minimum absolute atomic E-state index is 0.0363. The molecule has 1 amide bonds. The normalized spacial score (nSPS) is 29.5. The van der Waals surface area contributed by atoms with E-state index >= 15 is 0 Å². The van der Waals surface area contributed by atoms with Crippen molar-refractivity contribution in [2.75, 3.05) is 13.6 Å². The van der Waals surface area contributed by atoms with Crippen LogP contribution in [0, 0.1) is 11.8 Å². The van der Waals surface area contributed by atoms with Crippen LogP contribution in [0.4, 0.5) is 0 Å². The van der Waals surface area contributed by atoms with Crippen molar-refractivity contribution in [2.24, 2.45) is 18.9 Å². The molecule has 0 bridgehead atoms. The van der Waals surface area contributed by atoms with Crippen molar-refractivity contribution in [1.29, 1.82) is 0 Å². The van der Waals surface area contributed by atoms with Crippen LogP contribution in [0.3, 0.4) is 0 Å². The molecule has 1 aromatic heterocycles. The van der Waals surface area contributed by atoms with Crippen molar-refractivity contribution in [1.82, 2.24) is 20.0 Å². The van der Waals surface area contributed by atoms with E-state index in [1.54, 1.807) is 4.68 Å². The molecule has 19 heavy (non-hydrogen) atoms. The monoisotopic (exact) mass is 262 g/mol. The predicted octanol–water partition coefficient (Wildman–Crippen LogP) is 0.767. The Morgan fingerprint density at radius 3 is 3.16 bits per heavy atom. The third kappa shape index (κ3) is 2.39. The second-order valence-electron chi connectivity index (χ2n) is 5.96. The number of carbonyl (C=O) groups is 1. The van der Waals surface area contributed by atoms with Crippen LogP contribution in [0.5, 0.6) is 0 Å². The second-order valence-corrected chi connectivity index (χ2v) is 5.96. The average Bonchev–Trinajstić information content (AvgIpc) is 3.04. The summed E-state index contributed by atoms with van der Waals surface area (Å²) >= 11 is 0. The minimum Gasteiger partial charge on any atom is -0.340 e. The van der Waals surface area contributed by atoms with E-state index in [0.29, 0.717) is 12.5 Å². The minimum atomic E-state index is 0.0363. The maximum atomic E-state index is 12.5. The van der Waals surface area contributed by atoms with Crippen LogP contribution in [-0.4, -0.2) is 40.2 Å². The molecule has 3 rings (SSSR count). The molecule has 0 spiro atoms. The number of amides is 1. The summed E-state index contributed by atoms with van der Waals surface area (Å²) < 4.78 is 1.77. The van der Waals surface area contributed by atoms with Crippen molar-refractivity contribution < 1.29 is 4.79 Å². The molecule has 1 saturated carbocycles. The largest absolute Gasteiger partial charge is 0.340 e. The lowest BCUT2D eigenvalue weighted by Crippen LogP contribution is -2.44.